The molecule has 4 heterocycles. The summed E-state index contributed by atoms with van der Waals surface area (Å²) in [7, 11) is 0. The standard InChI is InChI=1S/C25H21F6N5OS.C2H6/c26-24(27,28)17-9-16(10-18(11-17)25(29,30)31)23-33-12-20(38-23)15-3-2-7-35(8-5-15)21(37)13-36-14-34-19-4-1-6-32-22(19)36;1-2/h1,4,6,9-12,14-15H,2-3,5,7-8,13H2;1-2H3. The van der Waals surface area contributed by atoms with Crippen molar-refractivity contribution >= 4 is 28.4 Å². The number of alkyl halides is 6. The molecule has 0 saturated carbocycles. The van der Waals surface area contributed by atoms with E-state index >= 15 is 0 Å². The zero-order chi connectivity index (χ0) is 29.1. The summed E-state index contributed by atoms with van der Waals surface area (Å²) in [5.41, 5.74) is -1.66. The first-order valence-corrected chi connectivity index (χ1v) is 13.6. The van der Waals surface area contributed by atoms with Gasteiger partial charge in [-0.25, -0.2) is 15.0 Å². The van der Waals surface area contributed by atoms with Gasteiger partial charge >= 0.3 is 12.4 Å². The largest absolute Gasteiger partial charge is 0.416 e. The van der Waals surface area contributed by atoms with Crippen molar-refractivity contribution in [2.75, 3.05) is 13.1 Å². The highest BCUT2D eigenvalue weighted by molar-refractivity contribution is 7.15. The first-order valence-electron chi connectivity index (χ1n) is 12.8. The minimum Gasteiger partial charge on any atom is -0.341 e. The number of halogens is 6. The van der Waals surface area contributed by atoms with Crippen LogP contribution in [0.15, 0.2) is 49.1 Å². The lowest BCUT2D eigenvalue weighted by atomic mass is 10.00. The molecule has 1 saturated heterocycles. The molecule has 0 spiro atoms. The van der Waals surface area contributed by atoms with E-state index in [2.05, 4.69) is 15.0 Å². The van der Waals surface area contributed by atoms with Gasteiger partial charge in [0.2, 0.25) is 5.91 Å². The molecule has 13 heteroatoms. The Bertz CT molecular complexity index is 1430. The van der Waals surface area contributed by atoms with Crippen LogP contribution >= 0.6 is 11.3 Å². The summed E-state index contributed by atoms with van der Waals surface area (Å²) in [5, 5.41) is 0.0910. The molecule has 214 valence electrons. The Hall–Kier alpha value is -3.48. The maximum absolute atomic E-state index is 13.3. The van der Waals surface area contributed by atoms with Gasteiger partial charge in [-0.2, -0.15) is 26.3 Å². The van der Waals surface area contributed by atoms with Crippen LogP contribution in [0.4, 0.5) is 26.3 Å². The third-order valence-corrected chi connectivity index (χ3v) is 7.73. The smallest absolute Gasteiger partial charge is 0.341 e. The van der Waals surface area contributed by atoms with E-state index in [4.69, 9.17) is 0 Å². The predicted molar refractivity (Wildman–Crippen MR) is 140 cm³/mol. The van der Waals surface area contributed by atoms with Crippen LogP contribution in [0, 0.1) is 0 Å². The molecule has 1 aromatic carbocycles. The lowest BCUT2D eigenvalue weighted by Crippen LogP contribution is -2.34. The fraction of sp³-hybridized carbons (Fsp3) is 0.407. The Kier molecular flexibility index (Phi) is 8.81. The molecule has 6 nitrogen and oxygen atoms in total. The minimum atomic E-state index is -4.92. The Morgan fingerprint density at radius 1 is 0.975 bits per heavy atom. The number of carbonyl (C=O) groups excluding carboxylic acids is 1. The highest BCUT2D eigenvalue weighted by Gasteiger charge is 2.37. The van der Waals surface area contributed by atoms with Crippen molar-refractivity contribution in [3.63, 3.8) is 0 Å². The van der Waals surface area contributed by atoms with Crippen molar-refractivity contribution in [3.8, 4) is 10.6 Å². The van der Waals surface area contributed by atoms with Gasteiger partial charge < -0.3 is 9.47 Å². The summed E-state index contributed by atoms with van der Waals surface area (Å²) in [6.07, 6.45) is -3.10. The maximum Gasteiger partial charge on any atom is 0.416 e. The number of likely N-dealkylation sites (tertiary alicyclic amines) is 1. The van der Waals surface area contributed by atoms with Crippen LogP contribution in [0.2, 0.25) is 0 Å². The third kappa shape index (κ3) is 6.62. The van der Waals surface area contributed by atoms with Crippen molar-refractivity contribution in [1.82, 2.24) is 24.4 Å². The van der Waals surface area contributed by atoms with E-state index in [0.717, 1.165) is 22.6 Å². The van der Waals surface area contributed by atoms with Crippen LogP contribution in [-0.2, 0) is 23.7 Å². The number of hydrogen-bond acceptors (Lipinski definition) is 5. The number of thiazole rings is 1. The molecule has 5 rings (SSSR count). The number of amides is 1. The molecule has 40 heavy (non-hydrogen) atoms. The van der Waals surface area contributed by atoms with Crippen molar-refractivity contribution in [2.45, 2.75) is 57.9 Å². The molecular formula is C27H27F6N5OS. The summed E-state index contributed by atoms with van der Waals surface area (Å²) >= 11 is 1.09. The molecule has 0 bridgehead atoms. The van der Waals surface area contributed by atoms with Crippen LogP contribution in [0.5, 0.6) is 0 Å². The Morgan fingerprint density at radius 3 is 2.35 bits per heavy atom. The normalized spacial score (nSPS) is 16.4. The van der Waals surface area contributed by atoms with Gasteiger partial charge in [-0.3, -0.25) is 4.79 Å². The van der Waals surface area contributed by atoms with E-state index in [-0.39, 0.29) is 35.0 Å². The fourth-order valence-electron chi connectivity index (χ4n) is 4.58. The number of hydrogen-bond donors (Lipinski definition) is 0. The predicted octanol–water partition coefficient (Wildman–Crippen LogP) is 7.41. The number of aromatic nitrogens is 4. The van der Waals surface area contributed by atoms with E-state index in [1.165, 1.54) is 6.20 Å². The lowest BCUT2D eigenvalue weighted by Gasteiger charge is -2.20. The summed E-state index contributed by atoms with van der Waals surface area (Å²) in [6, 6.07) is 5.08. The van der Waals surface area contributed by atoms with E-state index < -0.39 is 23.5 Å². The van der Waals surface area contributed by atoms with E-state index in [9.17, 15) is 31.1 Å². The third-order valence-electron chi connectivity index (χ3n) is 6.52. The number of carbonyl (C=O) groups is 1. The number of fused-ring (bicyclic) bond motifs is 1. The molecule has 0 N–H and O–H groups in total. The number of nitrogens with zero attached hydrogens (tertiary/aromatic N) is 5. The zero-order valence-electron chi connectivity index (χ0n) is 21.8. The molecule has 1 unspecified atom stereocenters. The quantitative estimate of drug-likeness (QED) is 0.235. The molecule has 3 aromatic heterocycles. The second-order valence-corrected chi connectivity index (χ2v) is 10.2. The molecule has 1 atom stereocenters. The van der Waals surface area contributed by atoms with Crippen molar-refractivity contribution in [1.29, 1.82) is 0 Å². The van der Waals surface area contributed by atoms with E-state index in [1.807, 2.05) is 19.9 Å². The average molecular weight is 584 g/mol. The number of benzene rings is 1. The summed E-state index contributed by atoms with van der Waals surface area (Å²) in [5.74, 6) is -0.0908. The van der Waals surface area contributed by atoms with Gasteiger partial charge in [-0.1, -0.05) is 13.8 Å². The molecule has 0 aliphatic carbocycles. The van der Waals surface area contributed by atoms with Crippen LogP contribution in [0.25, 0.3) is 21.7 Å². The molecule has 0 radical (unpaired) electrons. The highest BCUT2D eigenvalue weighted by atomic mass is 32.1. The number of rotatable bonds is 4. The summed E-state index contributed by atoms with van der Waals surface area (Å²) in [6.45, 7) is 5.11. The van der Waals surface area contributed by atoms with Crippen molar-refractivity contribution in [2.24, 2.45) is 0 Å². The Morgan fingerprint density at radius 2 is 1.68 bits per heavy atom. The van der Waals surface area contributed by atoms with E-state index in [0.29, 0.717) is 49.2 Å². The summed E-state index contributed by atoms with van der Waals surface area (Å²) < 4.78 is 81.3. The number of imidazole rings is 1. The maximum atomic E-state index is 13.3. The number of pyridine rings is 1. The van der Waals surface area contributed by atoms with Gasteiger partial charge in [0.05, 0.1) is 17.5 Å². The van der Waals surface area contributed by atoms with Gasteiger partial charge in [-0.05, 0) is 55.5 Å². The summed E-state index contributed by atoms with van der Waals surface area (Å²) in [4.78, 5) is 28.2. The van der Waals surface area contributed by atoms with Crippen LogP contribution in [0.1, 0.15) is 55.0 Å². The van der Waals surface area contributed by atoms with Crippen molar-refractivity contribution < 1.29 is 31.1 Å². The zero-order valence-corrected chi connectivity index (χ0v) is 22.6. The Balaban J connectivity index is 0.00000181. The molecule has 1 aliphatic rings. The van der Waals surface area contributed by atoms with Crippen LogP contribution in [-0.4, -0.2) is 43.4 Å². The second kappa shape index (κ2) is 11.9. The van der Waals surface area contributed by atoms with Crippen LogP contribution < -0.4 is 0 Å². The van der Waals surface area contributed by atoms with Gasteiger partial charge in [0.25, 0.3) is 0 Å². The Labute approximate surface area is 230 Å². The molecule has 1 fully saturated rings. The SMILES string of the molecule is CC.O=C(Cn1cnc2cccnc21)N1CCCC(c2cnc(-c3cc(C(F)(F)F)cc(C(F)(F)F)c3)s2)CC1. The second-order valence-electron chi connectivity index (χ2n) is 9.09. The average Bonchev–Trinajstić information content (AvgIpc) is 3.50. The first-order chi connectivity index (χ1) is 19.0. The van der Waals surface area contributed by atoms with Gasteiger partial charge in [-0.15, -0.1) is 11.3 Å². The molecular weight excluding hydrogens is 556 g/mol. The topological polar surface area (TPSA) is 63.9 Å². The van der Waals surface area contributed by atoms with E-state index in [1.54, 1.807) is 28.1 Å². The first kappa shape index (κ1) is 29.5. The molecule has 1 amide bonds. The van der Waals surface area contributed by atoms with Gasteiger partial charge in [0.15, 0.2) is 5.65 Å². The highest BCUT2D eigenvalue weighted by Crippen LogP contribution is 2.41. The molecule has 1 aliphatic heterocycles. The fourth-order valence-corrected chi connectivity index (χ4v) is 5.65. The van der Waals surface area contributed by atoms with Gasteiger partial charge in [0.1, 0.15) is 17.1 Å². The molecule has 4 aromatic rings. The van der Waals surface area contributed by atoms with Crippen LogP contribution in [0.3, 0.4) is 0 Å². The van der Waals surface area contributed by atoms with Crippen molar-refractivity contribution in [3.05, 3.63) is 65.1 Å². The lowest BCUT2D eigenvalue weighted by molar-refractivity contribution is -0.143. The van der Waals surface area contributed by atoms with Gasteiger partial charge in [0, 0.05) is 35.9 Å². The minimum absolute atomic E-state index is 0.0114. The monoisotopic (exact) mass is 583 g/mol.